The van der Waals surface area contributed by atoms with Crippen LogP contribution >= 0.6 is 0 Å². The van der Waals surface area contributed by atoms with E-state index in [1.165, 1.54) is 24.3 Å². The highest BCUT2D eigenvalue weighted by atomic mass is 19.4. The van der Waals surface area contributed by atoms with Gasteiger partial charge in [-0.25, -0.2) is 0 Å². The third kappa shape index (κ3) is 4.43. The van der Waals surface area contributed by atoms with Gasteiger partial charge in [-0.1, -0.05) is 17.2 Å². The van der Waals surface area contributed by atoms with Gasteiger partial charge in [0.1, 0.15) is 6.54 Å². The highest BCUT2D eigenvalue weighted by Gasteiger charge is 2.27. The van der Waals surface area contributed by atoms with Crippen molar-refractivity contribution in [1.82, 2.24) is 5.32 Å². The lowest BCUT2D eigenvalue weighted by Crippen LogP contribution is -2.33. The summed E-state index contributed by atoms with van der Waals surface area (Å²) in [7, 11) is 0. The van der Waals surface area contributed by atoms with Crippen LogP contribution in [0, 0.1) is 0 Å². The molecule has 1 N–H and O–H groups in total. The zero-order chi connectivity index (χ0) is 12.9. The molecular formula is C9H7F3N4O. The van der Waals surface area contributed by atoms with Gasteiger partial charge in [0, 0.05) is 16.2 Å². The second kappa shape index (κ2) is 5.22. The molecule has 0 bridgehead atoms. The highest BCUT2D eigenvalue weighted by Crippen LogP contribution is 2.15. The first kappa shape index (κ1) is 12.9. The molecule has 17 heavy (non-hydrogen) atoms. The van der Waals surface area contributed by atoms with Gasteiger partial charge in [0.05, 0.1) is 0 Å². The van der Waals surface area contributed by atoms with E-state index in [0.717, 1.165) is 0 Å². The Balaban J connectivity index is 2.75. The first-order chi connectivity index (χ1) is 7.92. The third-order valence-corrected chi connectivity index (χ3v) is 1.72. The summed E-state index contributed by atoms with van der Waals surface area (Å²) in [4.78, 5) is 13.8. The fraction of sp³-hybridized carbons (Fsp3) is 0.222. The molecule has 0 aliphatic carbocycles. The lowest BCUT2D eigenvalue weighted by atomic mass is 10.2. The number of nitrogens with one attached hydrogen (secondary N) is 1. The number of azide groups is 1. The van der Waals surface area contributed by atoms with Gasteiger partial charge in [0.2, 0.25) is 0 Å². The standard InChI is InChI=1S/C9H7F3N4O/c10-9(11,12)5-14-8(17)6-2-1-3-7(4-6)15-16-13/h1-4H,5H2,(H,14,17). The summed E-state index contributed by atoms with van der Waals surface area (Å²) >= 11 is 0. The normalized spacial score (nSPS) is 10.5. The second-order valence-electron chi connectivity index (χ2n) is 3.04. The lowest BCUT2D eigenvalue weighted by Gasteiger charge is -2.08. The Kier molecular flexibility index (Phi) is 3.95. The number of alkyl halides is 3. The van der Waals surface area contributed by atoms with Crippen LogP contribution in [0.2, 0.25) is 0 Å². The van der Waals surface area contributed by atoms with E-state index in [2.05, 4.69) is 10.0 Å². The molecule has 0 atom stereocenters. The average Bonchev–Trinajstić information content (AvgIpc) is 2.26. The Labute approximate surface area is 93.9 Å². The van der Waals surface area contributed by atoms with Crippen molar-refractivity contribution in [2.75, 3.05) is 6.54 Å². The molecule has 0 saturated carbocycles. The van der Waals surface area contributed by atoms with E-state index in [0.29, 0.717) is 0 Å². The first-order valence-corrected chi connectivity index (χ1v) is 4.42. The van der Waals surface area contributed by atoms with Gasteiger partial charge < -0.3 is 5.32 Å². The monoisotopic (exact) mass is 244 g/mol. The van der Waals surface area contributed by atoms with Gasteiger partial charge in [-0.05, 0) is 17.7 Å². The van der Waals surface area contributed by atoms with E-state index in [1.807, 2.05) is 0 Å². The van der Waals surface area contributed by atoms with Crippen LogP contribution in [-0.2, 0) is 0 Å². The van der Waals surface area contributed by atoms with E-state index in [9.17, 15) is 18.0 Å². The zero-order valence-corrected chi connectivity index (χ0v) is 8.40. The molecule has 0 fully saturated rings. The number of carbonyl (C=O) groups excluding carboxylic acids is 1. The summed E-state index contributed by atoms with van der Waals surface area (Å²) in [6, 6.07) is 5.36. The summed E-state index contributed by atoms with van der Waals surface area (Å²) in [5.74, 6) is -0.877. The topological polar surface area (TPSA) is 77.9 Å². The minimum atomic E-state index is -4.46. The molecule has 8 heteroatoms. The van der Waals surface area contributed by atoms with Crippen LogP contribution < -0.4 is 5.32 Å². The first-order valence-electron chi connectivity index (χ1n) is 4.42. The van der Waals surface area contributed by atoms with Crippen LogP contribution in [0.1, 0.15) is 10.4 Å². The van der Waals surface area contributed by atoms with Gasteiger partial charge in [-0.3, -0.25) is 4.79 Å². The Morgan fingerprint density at radius 3 is 2.76 bits per heavy atom. The Bertz CT molecular complexity index is 466. The predicted octanol–water partition coefficient (Wildman–Crippen LogP) is 2.92. The van der Waals surface area contributed by atoms with Gasteiger partial charge in [0.25, 0.3) is 5.91 Å². The Hall–Kier alpha value is -2.21. The maximum Gasteiger partial charge on any atom is 0.405 e. The van der Waals surface area contributed by atoms with E-state index < -0.39 is 18.6 Å². The van der Waals surface area contributed by atoms with Crippen molar-refractivity contribution in [1.29, 1.82) is 0 Å². The summed E-state index contributed by atoms with van der Waals surface area (Å²) < 4.78 is 35.6. The van der Waals surface area contributed by atoms with Gasteiger partial charge in [-0.15, -0.1) is 0 Å². The Morgan fingerprint density at radius 1 is 1.47 bits per heavy atom. The number of carbonyl (C=O) groups is 1. The molecule has 90 valence electrons. The lowest BCUT2D eigenvalue weighted by molar-refractivity contribution is -0.123. The number of hydrogen-bond acceptors (Lipinski definition) is 2. The van der Waals surface area contributed by atoms with Gasteiger partial charge in [0.15, 0.2) is 0 Å². The minimum absolute atomic E-state index is 0.000787. The number of nitrogens with zero attached hydrogens (tertiary/aromatic N) is 3. The SMILES string of the molecule is [N-]=[N+]=Nc1cccc(C(=O)NCC(F)(F)F)c1. The average molecular weight is 244 g/mol. The van der Waals surface area contributed by atoms with E-state index in [-0.39, 0.29) is 11.3 Å². The van der Waals surface area contributed by atoms with Crippen LogP contribution in [0.4, 0.5) is 18.9 Å². The molecule has 0 spiro atoms. The molecule has 0 heterocycles. The van der Waals surface area contributed by atoms with Gasteiger partial charge in [-0.2, -0.15) is 13.2 Å². The van der Waals surface area contributed by atoms with Crippen LogP contribution in [0.15, 0.2) is 29.4 Å². The van der Waals surface area contributed by atoms with Crippen molar-refractivity contribution in [3.63, 3.8) is 0 Å². The predicted molar refractivity (Wildman–Crippen MR) is 53.6 cm³/mol. The summed E-state index contributed by atoms with van der Waals surface area (Å²) in [5.41, 5.74) is 8.33. The molecule has 0 aliphatic rings. The van der Waals surface area contributed by atoms with Crippen LogP contribution in [0.5, 0.6) is 0 Å². The summed E-state index contributed by atoms with van der Waals surface area (Å²) in [5, 5.41) is 4.95. The minimum Gasteiger partial charge on any atom is -0.343 e. The van der Waals surface area contributed by atoms with Crippen molar-refractivity contribution in [2.24, 2.45) is 5.11 Å². The number of halogens is 3. The van der Waals surface area contributed by atoms with Crippen molar-refractivity contribution in [2.45, 2.75) is 6.18 Å². The van der Waals surface area contributed by atoms with Crippen molar-refractivity contribution >= 4 is 11.6 Å². The quantitative estimate of drug-likeness (QED) is 0.495. The van der Waals surface area contributed by atoms with Gasteiger partial charge >= 0.3 is 6.18 Å². The van der Waals surface area contributed by atoms with E-state index in [1.54, 1.807) is 5.32 Å². The van der Waals surface area contributed by atoms with Crippen molar-refractivity contribution in [3.05, 3.63) is 40.3 Å². The molecule has 0 radical (unpaired) electrons. The maximum atomic E-state index is 11.9. The molecule has 0 aliphatic heterocycles. The van der Waals surface area contributed by atoms with Crippen LogP contribution in [0.25, 0.3) is 10.4 Å². The van der Waals surface area contributed by atoms with E-state index in [4.69, 9.17) is 5.53 Å². The molecule has 0 saturated heterocycles. The van der Waals surface area contributed by atoms with Crippen LogP contribution in [-0.4, -0.2) is 18.6 Å². The summed E-state index contributed by atoms with van der Waals surface area (Å²) in [6.07, 6.45) is -4.46. The fourth-order valence-electron chi connectivity index (χ4n) is 1.04. The molecule has 1 amide bonds. The largest absolute Gasteiger partial charge is 0.405 e. The molecule has 5 nitrogen and oxygen atoms in total. The molecular weight excluding hydrogens is 237 g/mol. The van der Waals surface area contributed by atoms with Crippen molar-refractivity contribution < 1.29 is 18.0 Å². The van der Waals surface area contributed by atoms with Crippen molar-refractivity contribution in [3.8, 4) is 0 Å². The zero-order valence-electron chi connectivity index (χ0n) is 8.40. The number of hydrogen-bond donors (Lipinski definition) is 1. The molecule has 1 rings (SSSR count). The van der Waals surface area contributed by atoms with Crippen LogP contribution in [0.3, 0.4) is 0 Å². The molecule has 1 aromatic rings. The molecule has 1 aromatic carbocycles. The number of amides is 1. The number of rotatable bonds is 3. The molecule has 0 aromatic heterocycles. The Morgan fingerprint density at radius 2 is 2.18 bits per heavy atom. The fourth-order valence-corrected chi connectivity index (χ4v) is 1.04. The third-order valence-electron chi connectivity index (χ3n) is 1.72. The highest BCUT2D eigenvalue weighted by molar-refractivity contribution is 5.94. The number of benzene rings is 1. The maximum absolute atomic E-state index is 11.9. The summed E-state index contributed by atoms with van der Waals surface area (Å²) in [6.45, 7) is -1.41. The second-order valence-corrected chi connectivity index (χ2v) is 3.04. The van der Waals surface area contributed by atoms with E-state index >= 15 is 0 Å². The molecule has 0 unspecified atom stereocenters. The smallest absolute Gasteiger partial charge is 0.343 e.